The van der Waals surface area contributed by atoms with E-state index in [1.54, 1.807) is 24.3 Å². The minimum atomic E-state index is -0.587. The molecule has 136 valence electrons. The molecule has 0 saturated carbocycles. The van der Waals surface area contributed by atoms with Crippen LogP contribution in [0.3, 0.4) is 0 Å². The van der Waals surface area contributed by atoms with Gasteiger partial charge < -0.3 is 21.3 Å². The number of amides is 4. The van der Waals surface area contributed by atoms with Gasteiger partial charge in [0.1, 0.15) is 0 Å². The second-order valence-electron chi connectivity index (χ2n) is 6.22. The third kappa shape index (κ3) is 6.45. The fourth-order valence-electron chi connectivity index (χ4n) is 2.83. The molecule has 25 heavy (non-hydrogen) atoms. The molecule has 1 aromatic rings. The molecule has 0 bridgehead atoms. The highest BCUT2D eigenvalue weighted by molar-refractivity contribution is 5.94. The summed E-state index contributed by atoms with van der Waals surface area (Å²) in [6.07, 6.45) is 4.83. The molecule has 0 unspecified atom stereocenters. The van der Waals surface area contributed by atoms with Gasteiger partial charge in [-0.05, 0) is 30.5 Å². The van der Waals surface area contributed by atoms with E-state index in [4.69, 9.17) is 5.73 Å². The molecule has 1 fully saturated rings. The van der Waals surface area contributed by atoms with Crippen LogP contribution in [0, 0.1) is 0 Å². The van der Waals surface area contributed by atoms with Gasteiger partial charge in [0.05, 0.1) is 0 Å². The first-order chi connectivity index (χ1) is 12.1. The number of benzene rings is 1. The van der Waals surface area contributed by atoms with E-state index in [0.29, 0.717) is 25.1 Å². The standard InChI is InChI=1S/C18H26N4O3/c19-18(25)21-13-14-5-7-15(8-6-14)17(24)20-10-9-16(23)22-11-3-1-2-4-12-22/h5-8H,1-4,9-13H2,(H,20,24)(H3,19,21,25). The molecule has 4 N–H and O–H groups in total. The highest BCUT2D eigenvalue weighted by Gasteiger charge is 2.15. The smallest absolute Gasteiger partial charge is 0.312 e. The zero-order valence-electron chi connectivity index (χ0n) is 14.4. The fourth-order valence-corrected chi connectivity index (χ4v) is 2.83. The molecule has 0 aliphatic carbocycles. The van der Waals surface area contributed by atoms with Crippen LogP contribution >= 0.6 is 0 Å². The summed E-state index contributed by atoms with van der Waals surface area (Å²) >= 11 is 0. The lowest BCUT2D eigenvalue weighted by Crippen LogP contribution is -2.35. The van der Waals surface area contributed by atoms with Crippen LogP contribution in [0.5, 0.6) is 0 Å². The Hall–Kier alpha value is -2.57. The summed E-state index contributed by atoms with van der Waals surface area (Å²) in [5.41, 5.74) is 6.39. The summed E-state index contributed by atoms with van der Waals surface area (Å²) in [6.45, 7) is 2.31. The molecular formula is C18H26N4O3. The molecule has 1 heterocycles. The van der Waals surface area contributed by atoms with Crippen molar-refractivity contribution in [1.82, 2.24) is 15.5 Å². The van der Waals surface area contributed by atoms with E-state index in [1.165, 1.54) is 12.8 Å². The SMILES string of the molecule is NC(=O)NCc1ccc(C(=O)NCCC(=O)N2CCCCCC2)cc1. The minimum absolute atomic E-state index is 0.107. The number of nitrogens with one attached hydrogen (secondary N) is 2. The molecular weight excluding hydrogens is 320 g/mol. The number of carbonyl (C=O) groups excluding carboxylic acids is 3. The van der Waals surface area contributed by atoms with Crippen LogP contribution in [0.15, 0.2) is 24.3 Å². The number of nitrogens with zero attached hydrogens (tertiary/aromatic N) is 1. The average Bonchev–Trinajstić information content (AvgIpc) is 2.89. The molecule has 4 amide bonds. The van der Waals surface area contributed by atoms with Gasteiger partial charge in [-0.25, -0.2) is 4.79 Å². The van der Waals surface area contributed by atoms with Gasteiger partial charge in [0, 0.05) is 38.2 Å². The summed E-state index contributed by atoms with van der Waals surface area (Å²) in [7, 11) is 0. The van der Waals surface area contributed by atoms with Crippen LogP contribution in [-0.4, -0.2) is 42.4 Å². The molecule has 0 radical (unpaired) electrons. The van der Waals surface area contributed by atoms with E-state index in [2.05, 4.69) is 10.6 Å². The summed E-state index contributed by atoms with van der Waals surface area (Å²) in [5.74, 6) is -0.104. The van der Waals surface area contributed by atoms with Gasteiger partial charge >= 0.3 is 6.03 Å². The van der Waals surface area contributed by atoms with Crippen molar-refractivity contribution in [3.63, 3.8) is 0 Å². The van der Waals surface area contributed by atoms with Crippen molar-refractivity contribution < 1.29 is 14.4 Å². The van der Waals surface area contributed by atoms with Gasteiger partial charge in [-0.15, -0.1) is 0 Å². The molecule has 1 saturated heterocycles. The van der Waals surface area contributed by atoms with Gasteiger partial charge in [0.2, 0.25) is 5.91 Å². The zero-order chi connectivity index (χ0) is 18.1. The fraction of sp³-hybridized carbons (Fsp3) is 0.500. The minimum Gasteiger partial charge on any atom is -0.352 e. The number of nitrogens with two attached hydrogens (primary N) is 1. The number of likely N-dealkylation sites (tertiary alicyclic amines) is 1. The van der Waals surface area contributed by atoms with E-state index in [1.807, 2.05) is 4.90 Å². The Morgan fingerprint density at radius 2 is 1.60 bits per heavy atom. The van der Waals surface area contributed by atoms with E-state index >= 15 is 0 Å². The van der Waals surface area contributed by atoms with Crippen LogP contribution in [0.2, 0.25) is 0 Å². The average molecular weight is 346 g/mol. The second kappa shape index (κ2) is 9.66. The van der Waals surface area contributed by atoms with Crippen molar-refractivity contribution in [1.29, 1.82) is 0 Å². The van der Waals surface area contributed by atoms with Crippen LogP contribution in [-0.2, 0) is 11.3 Å². The van der Waals surface area contributed by atoms with Crippen LogP contribution in [0.1, 0.15) is 48.0 Å². The third-order valence-corrected chi connectivity index (χ3v) is 4.27. The lowest BCUT2D eigenvalue weighted by Gasteiger charge is -2.20. The highest BCUT2D eigenvalue weighted by atomic mass is 16.2. The Morgan fingerprint density at radius 1 is 0.960 bits per heavy atom. The summed E-state index contributed by atoms with van der Waals surface area (Å²) < 4.78 is 0. The molecule has 0 aromatic heterocycles. The maximum Gasteiger partial charge on any atom is 0.312 e. The van der Waals surface area contributed by atoms with Crippen molar-refractivity contribution in [3.8, 4) is 0 Å². The number of hydrogen-bond acceptors (Lipinski definition) is 3. The topological polar surface area (TPSA) is 105 Å². The molecule has 0 atom stereocenters. The van der Waals surface area contributed by atoms with Crippen molar-refractivity contribution in [2.75, 3.05) is 19.6 Å². The number of urea groups is 1. The van der Waals surface area contributed by atoms with Crippen LogP contribution in [0.25, 0.3) is 0 Å². The van der Waals surface area contributed by atoms with Gasteiger partial charge in [0.25, 0.3) is 5.91 Å². The number of rotatable bonds is 6. The third-order valence-electron chi connectivity index (χ3n) is 4.27. The van der Waals surface area contributed by atoms with Crippen LogP contribution < -0.4 is 16.4 Å². The number of carbonyl (C=O) groups is 3. The van der Waals surface area contributed by atoms with Gasteiger partial charge in [-0.3, -0.25) is 9.59 Å². The predicted octanol–water partition coefficient (Wildman–Crippen LogP) is 1.38. The lowest BCUT2D eigenvalue weighted by molar-refractivity contribution is -0.131. The molecule has 1 aliphatic rings. The van der Waals surface area contributed by atoms with E-state index in [-0.39, 0.29) is 11.8 Å². The van der Waals surface area contributed by atoms with Gasteiger partial charge in [0.15, 0.2) is 0 Å². The monoisotopic (exact) mass is 346 g/mol. The summed E-state index contributed by atoms with van der Waals surface area (Å²) in [4.78, 5) is 36.9. The van der Waals surface area contributed by atoms with Crippen molar-refractivity contribution in [3.05, 3.63) is 35.4 Å². The molecule has 2 rings (SSSR count). The first-order valence-electron chi connectivity index (χ1n) is 8.74. The maximum absolute atomic E-state index is 12.2. The van der Waals surface area contributed by atoms with E-state index in [9.17, 15) is 14.4 Å². The normalized spacial score (nSPS) is 14.5. The van der Waals surface area contributed by atoms with Crippen molar-refractivity contribution in [2.24, 2.45) is 5.73 Å². The van der Waals surface area contributed by atoms with E-state index in [0.717, 1.165) is 31.5 Å². The second-order valence-corrected chi connectivity index (χ2v) is 6.22. The zero-order valence-corrected chi connectivity index (χ0v) is 14.4. The van der Waals surface area contributed by atoms with Gasteiger partial charge in [-0.2, -0.15) is 0 Å². The molecule has 7 heteroatoms. The summed E-state index contributed by atoms with van der Waals surface area (Å²) in [5, 5.41) is 5.27. The quantitative estimate of drug-likeness (QED) is 0.724. The highest BCUT2D eigenvalue weighted by Crippen LogP contribution is 2.10. The molecule has 0 spiro atoms. The number of hydrogen-bond donors (Lipinski definition) is 3. The Balaban J connectivity index is 1.74. The Kier molecular flexibility index (Phi) is 7.25. The molecule has 7 nitrogen and oxygen atoms in total. The predicted molar refractivity (Wildman–Crippen MR) is 94.9 cm³/mol. The molecule has 1 aromatic carbocycles. The number of primary amides is 1. The van der Waals surface area contributed by atoms with Crippen molar-refractivity contribution in [2.45, 2.75) is 38.6 Å². The molecule has 1 aliphatic heterocycles. The van der Waals surface area contributed by atoms with Gasteiger partial charge in [-0.1, -0.05) is 25.0 Å². The maximum atomic E-state index is 12.2. The van der Waals surface area contributed by atoms with E-state index < -0.39 is 6.03 Å². The largest absolute Gasteiger partial charge is 0.352 e. The Morgan fingerprint density at radius 3 is 2.20 bits per heavy atom. The first kappa shape index (κ1) is 18.8. The Bertz CT molecular complexity index is 593. The lowest BCUT2D eigenvalue weighted by atomic mass is 10.1. The first-order valence-corrected chi connectivity index (χ1v) is 8.74. The van der Waals surface area contributed by atoms with Crippen molar-refractivity contribution >= 4 is 17.8 Å². The summed E-state index contributed by atoms with van der Waals surface area (Å²) in [6, 6.07) is 6.30. The van der Waals surface area contributed by atoms with Crippen LogP contribution in [0.4, 0.5) is 4.79 Å². The Labute approximate surface area is 147 Å².